The first kappa shape index (κ1) is 19.9. The maximum atomic E-state index is 12.9. The predicted octanol–water partition coefficient (Wildman–Crippen LogP) is 3.15. The Labute approximate surface area is 166 Å². The molecule has 0 bridgehead atoms. The molecular formula is C21H19FN2O5. The summed E-state index contributed by atoms with van der Waals surface area (Å²) >= 11 is 0. The van der Waals surface area contributed by atoms with E-state index < -0.39 is 11.8 Å². The number of nitrogens with one attached hydrogen (secondary N) is 2. The number of carbonyl (C=O) groups is 2. The van der Waals surface area contributed by atoms with Crippen LogP contribution in [-0.2, 0) is 11.4 Å². The fourth-order valence-electron chi connectivity index (χ4n) is 2.34. The van der Waals surface area contributed by atoms with Crippen molar-refractivity contribution in [2.24, 2.45) is 0 Å². The lowest BCUT2D eigenvalue weighted by Crippen LogP contribution is -2.43. The van der Waals surface area contributed by atoms with Crippen molar-refractivity contribution in [3.05, 3.63) is 83.6 Å². The molecule has 1 aromatic heterocycles. The largest absolute Gasteiger partial charge is 0.486 e. The van der Waals surface area contributed by atoms with E-state index in [1.54, 1.807) is 18.2 Å². The van der Waals surface area contributed by atoms with Crippen molar-refractivity contribution in [2.75, 3.05) is 6.61 Å². The summed E-state index contributed by atoms with van der Waals surface area (Å²) in [5.41, 5.74) is 5.50. The fraction of sp³-hybridized carbons (Fsp3) is 0.143. The van der Waals surface area contributed by atoms with Gasteiger partial charge in [-0.25, -0.2) is 4.39 Å². The highest BCUT2D eigenvalue weighted by atomic mass is 19.1. The molecule has 1 heterocycles. The van der Waals surface area contributed by atoms with Gasteiger partial charge in [0.2, 0.25) is 0 Å². The molecule has 0 saturated heterocycles. The molecular weight excluding hydrogens is 379 g/mol. The number of furan rings is 1. The van der Waals surface area contributed by atoms with Crippen LogP contribution in [0.25, 0.3) is 0 Å². The lowest BCUT2D eigenvalue weighted by atomic mass is 10.2. The molecule has 2 amide bonds. The first-order chi connectivity index (χ1) is 14.0. The number of amides is 2. The molecule has 150 valence electrons. The maximum Gasteiger partial charge on any atom is 0.305 e. The van der Waals surface area contributed by atoms with Gasteiger partial charge < -0.3 is 13.9 Å². The van der Waals surface area contributed by atoms with Crippen molar-refractivity contribution in [2.45, 2.75) is 13.5 Å². The van der Waals surface area contributed by atoms with E-state index in [-0.39, 0.29) is 24.8 Å². The van der Waals surface area contributed by atoms with Gasteiger partial charge in [-0.15, -0.1) is 0 Å². The van der Waals surface area contributed by atoms with Gasteiger partial charge in [0.25, 0.3) is 5.91 Å². The zero-order valence-electron chi connectivity index (χ0n) is 15.6. The first-order valence-electron chi connectivity index (χ1n) is 8.75. The van der Waals surface area contributed by atoms with Gasteiger partial charge in [-0.2, -0.15) is 0 Å². The predicted molar refractivity (Wildman–Crippen MR) is 102 cm³/mol. The van der Waals surface area contributed by atoms with E-state index in [9.17, 15) is 14.0 Å². The topological polar surface area (TPSA) is 89.8 Å². The fourth-order valence-corrected chi connectivity index (χ4v) is 2.34. The summed E-state index contributed by atoms with van der Waals surface area (Å²) in [6.07, 6.45) is 0. The monoisotopic (exact) mass is 398 g/mol. The minimum absolute atomic E-state index is 0.00242. The molecule has 0 fully saturated rings. The van der Waals surface area contributed by atoms with Crippen LogP contribution < -0.4 is 20.3 Å². The van der Waals surface area contributed by atoms with E-state index in [0.717, 1.165) is 5.56 Å². The summed E-state index contributed by atoms with van der Waals surface area (Å²) in [7, 11) is 0. The van der Waals surface area contributed by atoms with Gasteiger partial charge in [-0.1, -0.05) is 12.1 Å². The molecule has 8 heteroatoms. The van der Waals surface area contributed by atoms with Crippen molar-refractivity contribution in [1.29, 1.82) is 0 Å². The Morgan fingerprint density at radius 2 is 1.76 bits per heavy atom. The second-order valence-corrected chi connectivity index (χ2v) is 6.12. The van der Waals surface area contributed by atoms with Gasteiger partial charge in [0.05, 0.1) is 0 Å². The molecule has 3 aromatic rings. The smallest absolute Gasteiger partial charge is 0.305 e. The summed E-state index contributed by atoms with van der Waals surface area (Å²) in [4.78, 5) is 23.8. The standard InChI is InChI=1S/C21H19FN2O5/c1-14-3-2-4-17(11-14)28-13-20(25)23-24-21(26)19-10-9-18(29-19)12-27-16-7-5-15(22)6-8-16/h2-11H,12-13H2,1H3,(H,23,25)(H,24,26). The summed E-state index contributed by atoms with van der Waals surface area (Å²) in [6, 6.07) is 15.8. The molecule has 0 spiro atoms. The Morgan fingerprint density at radius 3 is 2.52 bits per heavy atom. The van der Waals surface area contributed by atoms with Gasteiger partial charge in [0.15, 0.2) is 12.4 Å². The number of benzene rings is 2. The minimum atomic E-state index is -0.623. The van der Waals surface area contributed by atoms with Crippen molar-refractivity contribution < 1.29 is 27.9 Å². The minimum Gasteiger partial charge on any atom is -0.486 e. The third kappa shape index (κ3) is 6.10. The number of hydrogen-bond donors (Lipinski definition) is 2. The van der Waals surface area contributed by atoms with E-state index >= 15 is 0 Å². The van der Waals surface area contributed by atoms with Crippen LogP contribution in [0.1, 0.15) is 21.9 Å². The molecule has 0 unspecified atom stereocenters. The van der Waals surface area contributed by atoms with Crippen molar-refractivity contribution >= 4 is 11.8 Å². The average molecular weight is 398 g/mol. The normalized spacial score (nSPS) is 10.3. The molecule has 7 nitrogen and oxygen atoms in total. The van der Waals surface area contributed by atoms with Crippen molar-refractivity contribution in [3.63, 3.8) is 0 Å². The number of carbonyl (C=O) groups excluding carboxylic acids is 2. The van der Waals surface area contributed by atoms with Gasteiger partial charge in [0.1, 0.15) is 29.7 Å². The van der Waals surface area contributed by atoms with E-state index in [4.69, 9.17) is 13.9 Å². The van der Waals surface area contributed by atoms with Crippen LogP contribution in [0, 0.1) is 12.7 Å². The SMILES string of the molecule is Cc1cccc(OCC(=O)NNC(=O)c2ccc(COc3ccc(F)cc3)o2)c1. The molecule has 0 aliphatic heterocycles. The highest BCUT2D eigenvalue weighted by Gasteiger charge is 2.13. The van der Waals surface area contributed by atoms with Gasteiger partial charge in [-0.05, 0) is 61.0 Å². The summed E-state index contributed by atoms with van der Waals surface area (Å²) in [5.74, 6) is -0.0805. The number of hydrogen-bond acceptors (Lipinski definition) is 5. The Kier molecular flexibility index (Phi) is 6.47. The van der Waals surface area contributed by atoms with Gasteiger partial charge in [-0.3, -0.25) is 20.4 Å². The molecule has 0 aliphatic carbocycles. The molecule has 0 atom stereocenters. The maximum absolute atomic E-state index is 12.9. The number of aryl methyl sites for hydroxylation is 1. The molecule has 29 heavy (non-hydrogen) atoms. The molecule has 2 aromatic carbocycles. The molecule has 3 rings (SSSR count). The highest BCUT2D eigenvalue weighted by molar-refractivity contribution is 5.93. The highest BCUT2D eigenvalue weighted by Crippen LogP contribution is 2.15. The number of rotatable bonds is 7. The lowest BCUT2D eigenvalue weighted by Gasteiger charge is -2.08. The average Bonchev–Trinajstić information content (AvgIpc) is 3.19. The van der Waals surface area contributed by atoms with Crippen LogP contribution >= 0.6 is 0 Å². The Balaban J connectivity index is 1.42. The molecule has 2 N–H and O–H groups in total. The Hall–Kier alpha value is -3.81. The second kappa shape index (κ2) is 9.41. The summed E-state index contributed by atoms with van der Waals surface area (Å²) in [6.45, 7) is 1.73. The van der Waals surface area contributed by atoms with E-state index in [2.05, 4.69) is 10.9 Å². The van der Waals surface area contributed by atoms with E-state index in [1.165, 1.54) is 30.3 Å². The van der Waals surface area contributed by atoms with Crippen LogP contribution in [0.15, 0.2) is 65.1 Å². The Bertz CT molecular complexity index is 985. The zero-order chi connectivity index (χ0) is 20.6. The number of ether oxygens (including phenoxy) is 2. The van der Waals surface area contributed by atoms with Crippen LogP contribution in [0.5, 0.6) is 11.5 Å². The molecule has 0 aliphatic rings. The Morgan fingerprint density at radius 1 is 0.966 bits per heavy atom. The number of halogens is 1. The van der Waals surface area contributed by atoms with Crippen LogP contribution in [0.4, 0.5) is 4.39 Å². The quantitative estimate of drug-likeness (QED) is 0.597. The summed E-state index contributed by atoms with van der Waals surface area (Å²) < 4.78 is 29.0. The third-order valence-corrected chi connectivity index (χ3v) is 3.76. The first-order valence-corrected chi connectivity index (χ1v) is 8.75. The second-order valence-electron chi connectivity index (χ2n) is 6.12. The van der Waals surface area contributed by atoms with Crippen molar-refractivity contribution in [1.82, 2.24) is 10.9 Å². The van der Waals surface area contributed by atoms with Gasteiger partial charge in [0, 0.05) is 0 Å². The van der Waals surface area contributed by atoms with Crippen LogP contribution in [0.2, 0.25) is 0 Å². The van der Waals surface area contributed by atoms with Gasteiger partial charge >= 0.3 is 5.91 Å². The lowest BCUT2D eigenvalue weighted by molar-refractivity contribution is -0.123. The third-order valence-electron chi connectivity index (χ3n) is 3.76. The summed E-state index contributed by atoms with van der Waals surface area (Å²) in [5, 5.41) is 0. The van der Waals surface area contributed by atoms with Crippen LogP contribution in [-0.4, -0.2) is 18.4 Å². The zero-order valence-corrected chi connectivity index (χ0v) is 15.6. The number of hydrazine groups is 1. The van der Waals surface area contributed by atoms with Crippen LogP contribution in [0.3, 0.4) is 0 Å². The van der Waals surface area contributed by atoms with E-state index in [0.29, 0.717) is 17.3 Å². The molecule has 0 radical (unpaired) electrons. The van der Waals surface area contributed by atoms with E-state index in [1.807, 2.05) is 19.1 Å². The molecule has 0 saturated carbocycles. The van der Waals surface area contributed by atoms with Crippen molar-refractivity contribution in [3.8, 4) is 11.5 Å².